The maximum atomic E-state index is 5.11. The molecule has 2 nitrogen and oxygen atoms in total. The van der Waals surface area contributed by atoms with Crippen molar-refractivity contribution < 1.29 is 0 Å². The van der Waals surface area contributed by atoms with Gasteiger partial charge in [-0.1, -0.05) is 11.8 Å². The topological polar surface area (TPSA) is 28.7 Å². The monoisotopic (exact) mass is 166 g/mol. The summed E-state index contributed by atoms with van der Waals surface area (Å²) in [6.07, 6.45) is 10.6. The van der Waals surface area contributed by atoms with Crippen molar-refractivity contribution in [3.05, 3.63) is 12.4 Å². The van der Waals surface area contributed by atoms with E-state index < -0.39 is 0 Å². The van der Waals surface area contributed by atoms with Crippen molar-refractivity contribution in [3.63, 3.8) is 0 Å². The Morgan fingerprint density at radius 1 is 1.73 bits per heavy atom. The number of aromatic amines is 1. The Morgan fingerprint density at radius 3 is 3.27 bits per heavy atom. The SMILES string of the molecule is C#CCCCSc1ncc[nH]1. The molecule has 1 aromatic rings. The Morgan fingerprint density at radius 2 is 2.64 bits per heavy atom. The molecule has 1 N–H and O–H groups in total. The highest BCUT2D eigenvalue weighted by atomic mass is 32.2. The summed E-state index contributed by atoms with van der Waals surface area (Å²) in [5.74, 6) is 3.64. The van der Waals surface area contributed by atoms with Crippen LogP contribution in [-0.4, -0.2) is 15.7 Å². The summed E-state index contributed by atoms with van der Waals surface area (Å²) in [5, 5.41) is 0.974. The van der Waals surface area contributed by atoms with E-state index in [0.717, 1.165) is 23.8 Å². The maximum absolute atomic E-state index is 5.11. The molecule has 0 aliphatic heterocycles. The molecule has 0 aliphatic carbocycles. The Balaban J connectivity index is 2.10. The predicted octanol–water partition coefficient (Wildman–Crippen LogP) is 1.92. The first-order valence-electron chi connectivity index (χ1n) is 3.49. The molecule has 1 rings (SSSR count). The molecule has 0 saturated carbocycles. The lowest BCUT2D eigenvalue weighted by atomic mass is 10.4. The first-order valence-corrected chi connectivity index (χ1v) is 4.47. The molecule has 1 aromatic heterocycles. The van der Waals surface area contributed by atoms with Crippen molar-refractivity contribution in [2.24, 2.45) is 0 Å². The first-order chi connectivity index (χ1) is 5.43. The lowest BCUT2D eigenvalue weighted by molar-refractivity contribution is 0.983. The number of hydrogen-bond donors (Lipinski definition) is 1. The van der Waals surface area contributed by atoms with Gasteiger partial charge < -0.3 is 4.98 Å². The van der Waals surface area contributed by atoms with E-state index >= 15 is 0 Å². The lowest BCUT2D eigenvalue weighted by Gasteiger charge is -1.92. The van der Waals surface area contributed by atoms with Gasteiger partial charge in [0.1, 0.15) is 0 Å². The smallest absolute Gasteiger partial charge is 0.165 e. The minimum atomic E-state index is 0.855. The van der Waals surface area contributed by atoms with Gasteiger partial charge in [-0.05, 0) is 6.42 Å². The number of hydrogen-bond acceptors (Lipinski definition) is 2. The molecule has 0 spiro atoms. The van der Waals surface area contributed by atoms with Crippen LogP contribution in [0.5, 0.6) is 0 Å². The molecule has 0 unspecified atom stereocenters. The standard InChI is InChI=1S/C8H10N2S/c1-2-3-4-7-11-8-9-5-6-10-8/h1,5-6H,3-4,7H2,(H,9,10). The third-order valence-corrected chi connectivity index (χ3v) is 2.17. The van der Waals surface area contributed by atoms with Gasteiger partial charge in [-0.25, -0.2) is 4.98 Å². The number of thioether (sulfide) groups is 1. The molecule has 0 amide bonds. The highest BCUT2D eigenvalue weighted by molar-refractivity contribution is 7.99. The van der Waals surface area contributed by atoms with E-state index in [1.54, 1.807) is 18.0 Å². The van der Waals surface area contributed by atoms with Gasteiger partial charge in [-0.2, -0.15) is 0 Å². The van der Waals surface area contributed by atoms with Crippen LogP contribution in [0, 0.1) is 12.3 Å². The summed E-state index contributed by atoms with van der Waals surface area (Å²) in [6, 6.07) is 0. The molecule has 3 heteroatoms. The van der Waals surface area contributed by atoms with Gasteiger partial charge in [-0.15, -0.1) is 12.3 Å². The van der Waals surface area contributed by atoms with E-state index in [1.165, 1.54) is 0 Å². The van der Waals surface area contributed by atoms with Crippen LogP contribution in [0.2, 0.25) is 0 Å². The van der Waals surface area contributed by atoms with Crippen molar-refractivity contribution in [3.8, 4) is 12.3 Å². The van der Waals surface area contributed by atoms with Gasteiger partial charge in [0.25, 0.3) is 0 Å². The van der Waals surface area contributed by atoms with E-state index in [-0.39, 0.29) is 0 Å². The predicted molar refractivity (Wildman–Crippen MR) is 47.4 cm³/mol. The zero-order valence-electron chi connectivity index (χ0n) is 6.21. The number of rotatable bonds is 4. The quantitative estimate of drug-likeness (QED) is 0.420. The number of H-pyrrole nitrogens is 1. The minimum Gasteiger partial charge on any atom is -0.340 e. The van der Waals surface area contributed by atoms with E-state index in [0.29, 0.717) is 0 Å². The molecule has 0 saturated heterocycles. The maximum Gasteiger partial charge on any atom is 0.165 e. The van der Waals surface area contributed by atoms with E-state index in [2.05, 4.69) is 15.9 Å². The Hall–Kier alpha value is -0.880. The number of nitrogens with zero attached hydrogens (tertiary/aromatic N) is 1. The van der Waals surface area contributed by atoms with Crippen molar-refractivity contribution in [2.45, 2.75) is 18.0 Å². The van der Waals surface area contributed by atoms with Gasteiger partial charge in [0.05, 0.1) is 0 Å². The molecular weight excluding hydrogens is 156 g/mol. The van der Waals surface area contributed by atoms with Crippen LogP contribution in [0.4, 0.5) is 0 Å². The van der Waals surface area contributed by atoms with Crippen molar-refractivity contribution >= 4 is 11.8 Å². The van der Waals surface area contributed by atoms with Gasteiger partial charge in [-0.3, -0.25) is 0 Å². The minimum absolute atomic E-state index is 0.855. The zero-order chi connectivity index (χ0) is 7.94. The average molecular weight is 166 g/mol. The van der Waals surface area contributed by atoms with Gasteiger partial charge >= 0.3 is 0 Å². The molecule has 0 bridgehead atoms. The van der Waals surface area contributed by atoms with Gasteiger partial charge in [0, 0.05) is 24.6 Å². The van der Waals surface area contributed by atoms with Crippen LogP contribution in [0.15, 0.2) is 17.6 Å². The van der Waals surface area contributed by atoms with E-state index in [9.17, 15) is 0 Å². The number of imidazole rings is 1. The Bertz CT molecular complexity index is 223. The Labute approximate surface area is 70.8 Å². The largest absolute Gasteiger partial charge is 0.340 e. The number of aromatic nitrogens is 2. The second kappa shape index (κ2) is 4.86. The van der Waals surface area contributed by atoms with Crippen molar-refractivity contribution in [1.82, 2.24) is 9.97 Å². The molecule has 0 radical (unpaired) electrons. The fourth-order valence-corrected chi connectivity index (χ4v) is 1.44. The van der Waals surface area contributed by atoms with Crippen LogP contribution in [0.3, 0.4) is 0 Å². The van der Waals surface area contributed by atoms with Crippen LogP contribution >= 0.6 is 11.8 Å². The molecule has 1 heterocycles. The highest BCUT2D eigenvalue weighted by Crippen LogP contribution is 2.12. The average Bonchev–Trinajstić information content (AvgIpc) is 2.50. The number of terminal acetylenes is 1. The molecule has 0 atom stereocenters. The molecule has 58 valence electrons. The number of unbranched alkanes of at least 4 members (excludes halogenated alkanes) is 1. The van der Waals surface area contributed by atoms with Crippen molar-refractivity contribution in [2.75, 3.05) is 5.75 Å². The second-order valence-electron chi connectivity index (χ2n) is 2.05. The van der Waals surface area contributed by atoms with Gasteiger partial charge in [0.15, 0.2) is 5.16 Å². The normalized spacial score (nSPS) is 9.36. The first kappa shape index (κ1) is 8.22. The van der Waals surface area contributed by atoms with Crippen LogP contribution in [-0.2, 0) is 0 Å². The summed E-state index contributed by atoms with van der Waals surface area (Å²) in [4.78, 5) is 7.08. The van der Waals surface area contributed by atoms with Crippen LogP contribution < -0.4 is 0 Å². The summed E-state index contributed by atoms with van der Waals surface area (Å²) in [6.45, 7) is 0. The Kier molecular flexibility index (Phi) is 3.63. The molecule has 0 aromatic carbocycles. The molecule has 0 fully saturated rings. The summed E-state index contributed by atoms with van der Waals surface area (Å²) in [7, 11) is 0. The summed E-state index contributed by atoms with van der Waals surface area (Å²) < 4.78 is 0. The summed E-state index contributed by atoms with van der Waals surface area (Å²) >= 11 is 1.70. The van der Waals surface area contributed by atoms with E-state index in [1.807, 2.05) is 6.20 Å². The molecular formula is C8H10N2S. The fourth-order valence-electron chi connectivity index (χ4n) is 0.673. The number of nitrogens with one attached hydrogen (secondary N) is 1. The van der Waals surface area contributed by atoms with Crippen LogP contribution in [0.25, 0.3) is 0 Å². The van der Waals surface area contributed by atoms with E-state index in [4.69, 9.17) is 6.42 Å². The second-order valence-corrected chi connectivity index (χ2v) is 3.13. The third kappa shape index (κ3) is 3.15. The van der Waals surface area contributed by atoms with Crippen molar-refractivity contribution in [1.29, 1.82) is 0 Å². The lowest BCUT2D eigenvalue weighted by Crippen LogP contribution is -1.80. The highest BCUT2D eigenvalue weighted by Gasteiger charge is 1.93. The summed E-state index contributed by atoms with van der Waals surface area (Å²) in [5.41, 5.74) is 0. The zero-order valence-corrected chi connectivity index (χ0v) is 7.03. The van der Waals surface area contributed by atoms with Crippen LogP contribution in [0.1, 0.15) is 12.8 Å². The molecule has 11 heavy (non-hydrogen) atoms. The fraction of sp³-hybridized carbons (Fsp3) is 0.375. The molecule has 0 aliphatic rings. The van der Waals surface area contributed by atoms with Gasteiger partial charge in [0.2, 0.25) is 0 Å². The third-order valence-electron chi connectivity index (χ3n) is 1.18.